The Balaban J connectivity index is 2.24. The van der Waals surface area contributed by atoms with Gasteiger partial charge in [0, 0.05) is 11.2 Å². The number of aromatic nitrogens is 2. The van der Waals surface area contributed by atoms with Crippen molar-refractivity contribution in [3.05, 3.63) is 52.6 Å². The fourth-order valence-corrected chi connectivity index (χ4v) is 1.60. The van der Waals surface area contributed by atoms with Crippen molar-refractivity contribution in [1.29, 1.82) is 0 Å². The maximum atomic E-state index is 12.8. The molecular weight excluding hydrogens is 215 g/mol. The molecule has 2 nitrogen and oxygen atoms in total. The molecule has 4 heteroatoms. The van der Waals surface area contributed by atoms with E-state index in [1.807, 2.05) is 19.2 Å². The second-order valence-corrected chi connectivity index (χ2v) is 3.80. The van der Waals surface area contributed by atoms with E-state index in [9.17, 15) is 4.39 Å². The second-order valence-electron chi connectivity index (χ2n) is 3.39. The average Bonchev–Trinajstić information content (AvgIpc) is 2.56. The summed E-state index contributed by atoms with van der Waals surface area (Å²) < 4.78 is 14.6. The molecule has 0 aliphatic carbocycles. The van der Waals surface area contributed by atoms with Crippen molar-refractivity contribution < 1.29 is 4.39 Å². The van der Waals surface area contributed by atoms with Crippen molar-refractivity contribution in [2.75, 3.05) is 0 Å². The van der Waals surface area contributed by atoms with Crippen molar-refractivity contribution in [3.63, 3.8) is 0 Å². The van der Waals surface area contributed by atoms with Crippen LogP contribution in [0.3, 0.4) is 0 Å². The topological polar surface area (TPSA) is 17.8 Å². The van der Waals surface area contributed by atoms with Crippen LogP contribution in [-0.2, 0) is 6.54 Å². The molecular formula is C11H10ClFN2. The smallest absolute Gasteiger partial charge is 0.124 e. The number of nitrogens with zero attached hydrogens (tertiary/aromatic N) is 2. The minimum absolute atomic E-state index is 0.319. The third-order valence-corrected chi connectivity index (χ3v) is 2.47. The third-order valence-electron chi connectivity index (χ3n) is 2.12. The largest absolute Gasteiger partial charge is 0.268 e. The maximum absolute atomic E-state index is 12.8. The van der Waals surface area contributed by atoms with E-state index in [1.54, 1.807) is 10.7 Å². The van der Waals surface area contributed by atoms with Gasteiger partial charge in [0.2, 0.25) is 0 Å². The van der Waals surface area contributed by atoms with Gasteiger partial charge in [-0.05, 0) is 30.7 Å². The van der Waals surface area contributed by atoms with Crippen molar-refractivity contribution in [2.45, 2.75) is 13.5 Å². The first-order valence-electron chi connectivity index (χ1n) is 4.59. The van der Waals surface area contributed by atoms with E-state index in [0.717, 1.165) is 11.3 Å². The van der Waals surface area contributed by atoms with Crippen LogP contribution in [0.1, 0.15) is 11.3 Å². The van der Waals surface area contributed by atoms with Gasteiger partial charge < -0.3 is 0 Å². The van der Waals surface area contributed by atoms with Crippen LogP contribution in [0.4, 0.5) is 4.39 Å². The normalized spacial score (nSPS) is 10.6. The zero-order valence-corrected chi connectivity index (χ0v) is 9.00. The monoisotopic (exact) mass is 224 g/mol. The van der Waals surface area contributed by atoms with E-state index in [4.69, 9.17) is 11.6 Å². The highest BCUT2D eigenvalue weighted by Gasteiger charge is 2.03. The summed E-state index contributed by atoms with van der Waals surface area (Å²) in [7, 11) is 0. The second kappa shape index (κ2) is 4.03. The quantitative estimate of drug-likeness (QED) is 0.767. The minimum Gasteiger partial charge on any atom is -0.268 e. The zero-order chi connectivity index (χ0) is 10.8. The van der Waals surface area contributed by atoms with Gasteiger partial charge in [-0.25, -0.2) is 4.39 Å². The summed E-state index contributed by atoms with van der Waals surface area (Å²) in [5.41, 5.74) is 1.81. The van der Waals surface area contributed by atoms with Crippen LogP contribution >= 0.6 is 11.6 Å². The summed E-state index contributed by atoms with van der Waals surface area (Å²) in [6, 6.07) is 6.30. The van der Waals surface area contributed by atoms with Gasteiger partial charge in [-0.2, -0.15) is 5.10 Å². The Kier molecular flexibility index (Phi) is 2.73. The molecule has 0 amide bonds. The molecule has 1 heterocycles. The van der Waals surface area contributed by atoms with Gasteiger partial charge in [-0.15, -0.1) is 0 Å². The molecule has 78 valence electrons. The number of halogens is 2. The molecule has 0 saturated carbocycles. The van der Waals surface area contributed by atoms with Gasteiger partial charge in [0.1, 0.15) is 5.82 Å². The van der Waals surface area contributed by atoms with E-state index in [-0.39, 0.29) is 5.82 Å². The molecule has 0 saturated heterocycles. The lowest BCUT2D eigenvalue weighted by Crippen LogP contribution is -2.01. The molecule has 1 aromatic carbocycles. The van der Waals surface area contributed by atoms with Crippen LogP contribution < -0.4 is 0 Å². The Morgan fingerprint density at radius 3 is 2.80 bits per heavy atom. The number of aryl methyl sites for hydroxylation is 1. The lowest BCUT2D eigenvalue weighted by atomic mass is 10.2. The number of rotatable bonds is 2. The van der Waals surface area contributed by atoms with E-state index < -0.39 is 0 Å². The van der Waals surface area contributed by atoms with E-state index in [1.165, 1.54) is 12.1 Å². The van der Waals surface area contributed by atoms with Crippen LogP contribution in [0, 0.1) is 12.7 Å². The van der Waals surface area contributed by atoms with E-state index in [2.05, 4.69) is 5.10 Å². The first-order chi connectivity index (χ1) is 7.15. The van der Waals surface area contributed by atoms with Crippen LogP contribution in [0.15, 0.2) is 30.5 Å². The predicted molar refractivity (Wildman–Crippen MR) is 57.5 cm³/mol. The molecule has 0 bridgehead atoms. The summed E-state index contributed by atoms with van der Waals surface area (Å²) >= 11 is 5.91. The summed E-state index contributed by atoms with van der Waals surface area (Å²) in [4.78, 5) is 0. The highest BCUT2D eigenvalue weighted by atomic mass is 35.5. The van der Waals surface area contributed by atoms with Gasteiger partial charge in [0.15, 0.2) is 0 Å². The van der Waals surface area contributed by atoms with Crippen molar-refractivity contribution in [2.24, 2.45) is 0 Å². The molecule has 0 fully saturated rings. The SMILES string of the molecule is Cc1ccn(Cc2ccc(F)cc2Cl)n1. The molecule has 1 aromatic heterocycles. The molecule has 0 aliphatic rings. The van der Waals surface area contributed by atoms with Crippen LogP contribution in [-0.4, -0.2) is 9.78 Å². The molecule has 0 N–H and O–H groups in total. The Hall–Kier alpha value is -1.35. The van der Waals surface area contributed by atoms with E-state index >= 15 is 0 Å². The summed E-state index contributed by atoms with van der Waals surface area (Å²) in [6.07, 6.45) is 1.87. The summed E-state index contributed by atoms with van der Waals surface area (Å²) in [6.45, 7) is 2.48. The molecule has 2 rings (SSSR count). The Morgan fingerprint density at radius 2 is 2.20 bits per heavy atom. The Bertz CT molecular complexity index is 479. The standard InChI is InChI=1S/C11H10ClFN2/c1-8-4-5-15(14-8)7-9-2-3-10(13)6-11(9)12/h2-6H,7H2,1H3. The van der Waals surface area contributed by atoms with Gasteiger partial charge in [0.05, 0.1) is 12.2 Å². The van der Waals surface area contributed by atoms with Crippen molar-refractivity contribution >= 4 is 11.6 Å². The third kappa shape index (κ3) is 2.36. The summed E-state index contributed by atoms with van der Waals surface area (Å²) in [5, 5.41) is 4.67. The molecule has 0 radical (unpaired) electrons. The van der Waals surface area contributed by atoms with Gasteiger partial charge >= 0.3 is 0 Å². The maximum Gasteiger partial charge on any atom is 0.124 e. The first kappa shape index (κ1) is 10.2. The van der Waals surface area contributed by atoms with Crippen molar-refractivity contribution in [3.8, 4) is 0 Å². The van der Waals surface area contributed by atoms with Gasteiger partial charge in [0.25, 0.3) is 0 Å². The lowest BCUT2D eigenvalue weighted by Gasteiger charge is -2.04. The predicted octanol–water partition coefficient (Wildman–Crippen LogP) is 3.03. The van der Waals surface area contributed by atoms with Crippen LogP contribution in [0.2, 0.25) is 5.02 Å². The Morgan fingerprint density at radius 1 is 1.40 bits per heavy atom. The lowest BCUT2D eigenvalue weighted by molar-refractivity contribution is 0.624. The first-order valence-corrected chi connectivity index (χ1v) is 4.97. The molecule has 0 atom stereocenters. The molecule has 15 heavy (non-hydrogen) atoms. The number of hydrogen-bond donors (Lipinski definition) is 0. The molecule has 0 unspecified atom stereocenters. The Labute approximate surface area is 92.3 Å². The summed E-state index contributed by atoms with van der Waals surface area (Å²) in [5.74, 6) is -0.319. The molecule has 2 aromatic rings. The number of hydrogen-bond acceptors (Lipinski definition) is 1. The fraction of sp³-hybridized carbons (Fsp3) is 0.182. The zero-order valence-electron chi connectivity index (χ0n) is 8.24. The van der Waals surface area contributed by atoms with Gasteiger partial charge in [-0.1, -0.05) is 17.7 Å². The molecule has 0 aliphatic heterocycles. The number of benzene rings is 1. The molecule has 0 spiro atoms. The fourth-order valence-electron chi connectivity index (χ4n) is 1.38. The van der Waals surface area contributed by atoms with Crippen LogP contribution in [0.25, 0.3) is 0 Å². The average molecular weight is 225 g/mol. The van der Waals surface area contributed by atoms with Crippen molar-refractivity contribution in [1.82, 2.24) is 9.78 Å². The highest BCUT2D eigenvalue weighted by Crippen LogP contribution is 2.18. The van der Waals surface area contributed by atoms with E-state index in [0.29, 0.717) is 11.6 Å². The highest BCUT2D eigenvalue weighted by molar-refractivity contribution is 6.31. The van der Waals surface area contributed by atoms with Crippen LogP contribution in [0.5, 0.6) is 0 Å². The van der Waals surface area contributed by atoms with Gasteiger partial charge in [-0.3, -0.25) is 4.68 Å². The minimum atomic E-state index is -0.319.